The standard InChI is InChI=1S/C22H41N7O/c1-19-26-27-21(28(19)2)18-25-22(23-11-6-5-10-20-8-3-4-9-20)24-12-7-13-29-14-16-30-17-15-29/h20H,3-18H2,1-2H3,(H2,23,24,25). The van der Waals surface area contributed by atoms with Gasteiger partial charge in [-0.3, -0.25) is 4.90 Å². The highest BCUT2D eigenvalue weighted by atomic mass is 16.5. The van der Waals surface area contributed by atoms with E-state index >= 15 is 0 Å². The summed E-state index contributed by atoms with van der Waals surface area (Å²) in [5, 5.41) is 15.4. The van der Waals surface area contributed by atoms with Crippen molar-refractivity contribution in [1.29, 1.82) is 0 Å². The summed E-state index contributed by atoms with van der Waals surface area (Å²) < 4.78 is 7.43. The molecule has 2 heterocycles. The van der Waals surface area contributed by atoms with Gasteiger partial charge in [0, 0.05) is 33.2 Å². The van der Waals surface area contributed by atoms with Gasteiger partial charge in [0.1, 0.15) is 12.4 Å². The number of unbranched alkanes of at least 4 members (excludes halogenated alkanes) is 1. The molecule has 0 bridgehead atoms. The number of hydrogen-bond acceptors (Lipinski definition) is 5. The lowest BCUT2D eigenvalue weighted by atomic mass is 10.0. The molecule has 0 aromatic carbocycles. The SMILES string of the molecule is Cc1nnc(CN=C(NCCCCC2CCCC2)NCCCN2CCOCC2)n1C. The molecule has 1 saturated heterocycles. The molecule has 0 radical (unpaired) electrons. The van der Waals surface area contributed by atoms with E-state index in [4.69, 9.17) is 9.73 Å². The largest absolute Gasteiger partial charge is 0.379 e. The van der Waals surface area contributed by atoms with Crippen LogP contribution in [0.1, 0.15) is 63.0 Å². The Morgan fingerprint density at radius 2 is 1.80 bits per heavy atom. The van der Waals surface area contributed by atoms with Crippen molar-refractivity contribution in [1.82, 2.24) is 30.3 Å². The van der Waals surface area contributed by atoms with Crippen molar-refractivity contribution >= 4 is 5.96 Å². The highest BCUT2D eigenvalue weighted by Crippen LogP contribution is 2.28. The molecular weight excluding hydrogens is 378 g/mol. The molecule has 8 heteroatoms. The lowest BCUT2D eigenvalue weighted by Crippen LogP contribution is -2.41. The normalized spacial score (nSPS) is 18.8. The lowest BCUT2D eigenvalue weighted by molar-refractivity contribution is 0.0376. The topological polar surface area (TPSA) is 79.6 Å². The first-order valence-corrected chi connectivity index (χ1v) is 11.9. The molecule has 2 N–H and O–H groups in total. The van der Waals surface area contributed by atoms with E-state index in [2.05, 4.69) is 25.7 Å². The number of aryl methyl sites for hydroxylation is 1. The summed E-state index contributed by atoms with van der Waals surface area (Å²) in [4.78, 5) is 7.24. The van der Waals surface area contributed by atoms with Crippen molar-refractivity contribution in [3.05, 3.63) is 11.6 Å². The van der Waals surface area contributed by atoms with Gasteiger partial charge < -0.3 is 19.9 Å². The van der Waals surface area contributed by atoms with E-state index in [0.29, 0.717) is 6.54 Å². The van der Waals surface area contributed by atoms with Crippen LogP contribution in [0.2, 0.25) is 0 Å². The quantitative estimate of drug-likeness (QED) is 0.325. The van der Waals surface area contributed by atoms with Gasteiger partial charge >= 0.3 is 0 Å². The van der Waals surface area contributed by atoms with Crippen LogP contribution in [0.3, 0.4) is 0 Å². The van der Waals surface area contributed by atoms with E-state index in [-0.39, 0.29) is 0 Å². The zero-order valence-corrected chi connectivity index (χ0v) is 19.0. The monoisotopic (exact) mass is 419 g/mol. The molecule has 8 nitrogen and oxygen atoms in total. The Morgan fingerprint density at radius 3 is 2.50 bits per heavy atom. The van der Waals surface area contributed by atoms with Crippen LogP contribution >= 0.6 is 0 Å². The average Bonchev–Trinajstić information content (AvgIpc) is 3.40. The van der Waals surface area contributed by atoms with Gasteiger partial charge in [0.2, 0.25) is 0 Å². The Labute approximate surface area is 181 Å². The number of hydrogen-bond donors (Lipinski definition) is 2. The lowest BCUT2D eigenvalue weighted by Gasteiger charge is -2.26. The zero-order chi connectivity index (χ0) is 21.0. The van der Waals surface area contributed by atoms with E-state index in [1.54, 1.807) is 0 Å². The van der Waals surface area contributed by atoms with E-state index < -0.39 is 0 Å². The molecule has 0 spiro atoms. The number of rotatable bonds is 11. The van der Waals surface area contributed by atoms with Gasteiger partial charge in [-0.25, -0.2) is 4.99 Å². The molecule has 0 atom stereocenters. The number of aliphatic imine (C=N–C) groups is 1. The third-order valence-electron chi connectivity index (χ3n) is 6.41. The van der Waals surface area contributed by atoms with Gasteiger partial charge in [-0.2, -0.15) is 0 Å². The highest BCUT2D eigenvalue weighted by molar-refractivity contribution is 5.79. The molecule has 1 aromatic heterocycles. The van der Waals surface area contributed by atoms with Crippen molar-refractivity contribution in [3.63, 3.8) is 0 Å². The molecule has 1 aliphatic carbocycles. The predicted molar refractivity (Wildman–Crippen MR) is 121 cm³/mol. The fraction of sp³-hybridized carbons (Fsp3) is 0.864. The van der Waals surface area contributed by atoms with E-state index in [1.807, 2.05) is 18.5 Å². The van der Waals surface area contributed by atoms with Gasteiger partial charge in [0.15, 0.2) is 11.8 Å². The summed E-state index contributed by atoms with van der Waals surface area (Å²) in [5.41, 5.74) is 0. The minimum absolute atomic E-state index is 0.540. The van der Waals surface area contributed by atoms with Crippen LogP contribution in [0.15, 0.2) is 4.99 Å². The number of aromatic nitrogens is 3. The van der Waals surface area contributed by atoms with E-state index in [0.717, 1.165) is 75.9 Å². The molecule has 1 aliphatic heterocycles. The number of nitrogens with one attached hydrogen (secondary N) is 2. The Kier molecular flexibility index (Phi) is 9.89. The Hall–Kier alpha value is -1.67. The molecule has 0 unspecified atom stereocenters. The maximum atomic E-state index is 5.43. The molecule has 30 heavy (non-hydrogen) atoms. The second kappa shape index (κ2) is 12.9. The smallest absolute Gasteiger partial charge is 0.191 e. The number of morpholine rings is 1. The van der Waals surface area contributed by atoms with Gasteiger partial charge in [-0.05, 0) is 32.2 Å². The fourth-order valence-corrected chi connectivity index (χ4v) is 4.31. The van der Waals surface area contributed by atoms with Gasteiger partial charge in [-0.1, -0.05) is 38.5 Å². The summed E-state index contributed by atoms with van der Waals surface area (Å²) in [6.45, 7) is 9.32. The molecule has 1 aromatic rings. The minimum atomic E-state index is 0.540. The van der Waals surface area contributed by atoms with Crippen LogP contribution < -0.4 is 10.6 Å². The third-order valence-corrected chi connectivity index (χ3v) is 6.41. The van der Waals surface area contributed by atoms with Crippen molar-refractivity contribution in [2.45, 2.75) is 64.8 Å². The number of nitrogens with zero attached hydrogens (tertiary/aromatic N) is 5. The summed E-state index contributed by atoms with van der Waals surface area (Å²) in [6, 6.07) is 0. The van der Waals surface area contributed by atoms with Crippen LogP contribution in [0, 0.1) is 12.8 Å². The molecule has 2 fully saturated rings. The second-order valence-electron chi connectivity index (χ2n) is 8.69. The summed E-state index contributed by atoms with van der Waals surface area (Å²) in [6.07, 6.45) is 10.8. The first-order valence-electron chi connectivity index (χ1n) is 11.9. The first kappa shape index (κ1) is 23.0. The van der Waals surface area contributed by atoms with Crippen molar-refractivity contribution < 1.29 is 4.74 Å². The van der Waals surface area contributed by atoms with E-state index in [9.17, 15) is 0 Å². The molecule has 3 rings (SSSR count). The molecule has 1 saturated carbocycles. The summed E-state index contributed by atoms with van der Waals surface area (Å²) >= 11 is 0. The van der Waals surface area contributed by atoms with Gasteiger partial charge in [0.05, 0.1) is 13.2 Å². The van der Waals surface area contributed by atoms with Crippen LogP contribution in [0.5, 0.6) is 0 Å². The average molecular weight is 420 g/mol. The maximum Gasteiger partial charge on any atom is 0.191 e. The second-order valence-corrected chi connectivity index (χ2v) is 8.69. The van der Waals surface area contributed by atoms with Crippen LogP contribution in [0.4, 0.5) is 0 Å². The Balaban J connectivity index is 1.39. The molecule has 170 valence electrons. The van der Waals surface area contributed by atoms with Crippen LogP contribution in [-0.4, -0.2) is 71.6 Å². The zero-order valence-electron chi connectivity index (χ0n) is 19.0. The minimum Gasteiger partial charge on any atom is -0.379 e. The Bertz CT molecular complexity index is 633. The first-order chi connectivity index (χ1) is 14.7. The van der Waals surface area contributed by atoms with Crippen molar-refractivity contribution in [2.24, 2.45) is 18.0 Å². The van der Waals surface area contributed by atoms with Gasteiger partial charge in [-0.15, -0.1) is 10.2 Å². The van der Waals surface area contributed by atoms with Crippen LogP contribution in [-0.2, 0) is 18.3 Å². The van der Waals surface area contributed by atoms with Gasteiger partial charge in [0.25, 0.3) is 0 Å². The molecule has 0 amide bonds. The highest BCUT2D eigenvalue weighted by Gasteiger charge is 2.14. The predicted octanol–water partition coefficient (Wildman–Crippen LogP) is 2.24. The molecule has 2 aliphatic rings. The summed E-state index contributed by atoms with van der Waals surface area (Å²) in [5.74, 6) is 3.68. The van der Waals surface area contributed by atoms with E-state index in [1.165, 1.54) is 44.9 Å². The summed E-state index contributed by atoms with van der Waals surface area (Å²) in [7, 11) is 1.99. The maximum absolute atomic E-state index is 5.43. The fourth-order valence-electron chi connectivity index (χ4n) is 4.31. The number of ether oxygens (including phenoxy) is 1. The Morgan fingerprint density at radius 1 is 1.07 bits per heavy atom. The molecular formula is C22H41N7O. The number of guanidine groups is 1. The third kappa shape index (κ3) is 7.87. The van der Waals surface area contributed by atoms with Crippen molar-refractivity contribution in [3.8, 4) is 0 Å². The van der Waals surface area contributed by atoms with Crippen molar-refractivity contribution in [2.75, 3.05) is 45.9 Å². The van der Waals surface area contributed by atoms with Crippen LogP contribution in [0.25, 0.3) is 0 Å².